The molecule has 0 saturated carbocycles. The van der Waals surface area contributed by atoms with Gasteiger partial charge in [0.15, 0.2) is 5.16 Å². The summed E-state index contributed by atoms with van der Waals surface area (Å²) in [5, 5.41) is 11.4. The zero-order valence-corrected chi connectivity index (χ0v) is 20.8. The predicted octanol–water partition coefficient (Wildman–Crippen LogP) is 6.91. The third-order valence-electron chi connectivity index (χ3n) is 4.75. The lowest BCUT2D eigenvalue weighted by Gasteiger charge is -2.15. The van der Waals surface area contributed by atoms with E-state index in [1.165, 1.54) is 39.4 Å². The molecule has 4 rings (SSSR count). The summed E-state index contributed by atoms with van der Waals surface area (Å²) in [5.74, 6) is 0.853. The van der Waals surface area contributed by atoms with Gasteiger partial charge in [-0.1, -0.05) is 25.6 Å². The Bertz CT molecular complexity index is 1010. The number of hydrogen-bond donors (Lipinski definition) is 0. The van der Waals surface area contributed by atoms with Crippen molar-refractivity contribution in [2.75, 3.05) is 7.11 Å². The molecule has 0 saturated heterocycles. The number of halogens is 2. The molecule has 28 heavy (non-hydrogen) atoms. The highest BCUT2D eigenvalue weighted by atomic mass is 79.9. The van der Waals surface area contributed by atoms with Gasteiger partial charge in [0.05, 0.1) is 11.6 Å². The Morgan fingerprint density at radius 1 is 1.14 bits per heavy atom. The molecule has 0 atom stereocenters. The molecule has 1 aromatic carbocycles. The first-order chi connectivity index (χ1) is 13.5. The van der Waals surface area contributed by atoms with E-state index in [2.05, 4.69) is 72.6 Å². The third kappa shape index (κ3) is 3.80. The topological polar surface area (TPSA) is 39.9 Å². The number of fused-ring (bicyclic) bond motifs is 1. The number of ether oxygens (including phenoxy) is 1. The predicted molar refractivity (Wildman–Crippen MR) is 124 cm³/mol. The molecule has 0 spiro atoms. The summed E-state index contributed by atoms with van der Waals surface area (Å²) >= 11 is 10.9. The smallest absolute Gasteiger partial charge is 0.206 e. The monoisotopic (exact) mass is 541 g/mol. The van der Waals surface area contributed by atoms with Crippen LogP contribution in [0.3, 0.4) is 0 Å². The van der Waals surface area contributed by atoms with Crippen molar-refractivity contribution in [2.45, 2.75) is 49.9 Å². The van der Waals surface area contributed by atoms with E-state index in [0.717, 1.165) is 33.0 Å². The molecule has 0 unspecified atom stereocenters. The molecule has 8 heteroatoms. The summed E-state index contributed by atoms with van der Waals surface area (Å²) < 4.78 is 9.34. The number of thiophene rings is 1. The standard InChI is InChI=1S/C20H21Br2N3OS2/c1-11(2)27-20-24-23-19(22)25(20)18-14-7-5-4-6-13(14)17(28-18)12-8-9-16(26-3)15(21)10-12/h8-11H,4-7H2,1-3H3. The van der Waals surface area contributed by atoms with E-state index in [4.69, 9.17) is 4.74 Å². The Hall–Kier alpha value is -0.830. The number of thioether (sulfide) groups is 1. The van der Waals surface area contributed by atoms with Gasteiger partial charge in [0.1, 0.15) is 10.8 Å². The van der Waals surface area contributed by atoms with Crippen LogP contribution in [0.2, 0.25) is 0 Å². The molecule has 0 N–H and O–H groups in total. The fourth-order valence-corrected chi connectivity index (χ4v) is 6.99. The molecular weight excluding hydrogens is 522 g/mol. The number of benzene rings is 1. The van der Waals surface area contributed by atoms with Crippen molar-refractivity contribution in [1.29, 1.82) is 0 Å². The number of rotatable bonds is 5. The van der Waals surface area contributed by atoms with Crippen LogP contribution >= 0.6 is 55.0 Å². The van der Waals surface area contributed by atoms with Crippen LogP contribution in [-0.2, 0) is 12.8 Å². The molecule has 0 aliphatic heterocycles. The lowest BCUT2D eigenvalue weighted by molar-refractivity contribution is 0.412. The highest BCUT2D eigenvalue weighted by Crippen LogP contribution is 2.45. The summed E-state index contributed by atoms with van der Waals surface area (Å²) in [6.07, 6.45) is 4.70. The number of aromatic nitrogens is 3. The first-order valence-electron chi connectivity index (χ1n) is 9.26. The second kappa shape index (κ2) is 8.50. The van der Waals surface area contributed by atoms with Crippen LogP contribution in [0.4, 0.5) is 0 Å². The molecule has 3 aromatic rings. The summed E-state index contributed by atoms with van der Waals surface area (Å²) in [6, 6.07) is 6.34. The summed E-state index contributed by atoms with van der Waals surface area (Å²) in [6.45, 7) is 4.36. The van der Waals surface area contributed by atoms with Gasteiger partial charge in [0.2, 0.25) is 4.73 Å². The van der Waals surface area contributed by atoms with Crippen molar-refractivity contribution >= 4 is 55.0 Å². The number of hydrogen-bond acceptors (Lipinski definition) is 5. The molecule has 2 aromatic heterocycles. The van der Waals surface area contributed by atoms with Crippen molar-refractivity contribution in [3.8, 4) is 21.2 Å². The van der Waals surface area contributed by atoms with Crippen molar-refractivity contribution in [2.24, 2.45) is 0 Å². The Balaban J connectivity index is 1.88. The maximum absolute atomic E-state index is 5.41. The Labute approximate surface area is 190 Å². The first-order valence-corrected chi connectivity index (χ1v) is 12.5. The van der Waals surface area contributed by atoms with Gasteiger partial charge in [-0.2, -0.15) is 0 Å². The van der Waals surface area contributed by atoms with Gasteiger partial charge in [-0.3, -0.25) is 4.57 Å². The van der Waals surface area contributed by atoms with Crippen molar-refractivity contribution < 1.29 is 4.74 Å². The fourth-order valence-electron chi connectivity index (χ4n) is 3.54. The quantitative estimate of drug-likeness (QED) is 0.328. The van der Waals surface area contributed by atoms with Gasteiger partial charge in [-0.15, -0.1) is 21.5 Å². The van der Waals surface area contributed by atoms with E-state index in [0.29, 0.717) is 5.25 Å². The molecule has 1 aliphatic carbocycles. The molecule has 4 nitrogen and oxygen atoms in total. The van der Waals surface area contributed by atoms with Gasteiger partial charge in [0, 0.05) is 10.1 Å². The Kier molecular flexibility index (Phi) is 6.20. The second-order valence-electron chi connectivity index (χ2n) is 7.00. The van der Waals surface area contributed by atoms with E-state index < -0.39 is 0 Å². The Morgan fingerprint density at radius 3 is 2.57 bits per heavy atom. The normalized spacial score (nSPS) is 13.8. The largest absolute Gasteiger partial charge is 0.496 e. The van der Waals surface area contributed by atoms with Crippen LogP contribution in [0.15, 0.2) is 32.6 Å². The molecule has 0 amide bonds. The minimum Gasteiger partial charge on any atom is -0.496 e. The average molecular weight is 543 g/mol. The molecular formula is C20H21Br2N3OS2. The number of methoxy groups -OCH3 is 1. The van der Waals surface area contributed by atoms with Crippen LogP contribution in [0.25, 0.3) is 15.4 Å². The van der Waals surface area contributed by atoms with Gasteiger partial charge in [0.25, 0.3) is 0 Å². The maximum atomic E-state index is 5.41. The lowest BCUT2D eigenvalue weighted by atomic mass is 9.91. The Morgan fingerprint density at radius 2 is 1.89 bits per heavy atom. The molecule has 0 fully saturated rings. The van der Waals surface area contributed by atoms with E-state index in [-0.39, 0.29) is 0 Å². The zero-order valence-electron chi connectivity index (χ0n) is 16.0. The molecule has 148 valence electrons. The first kappa shape index (κ1) is 20.4. The van der Waals surface area contributed by atoms with Crippen LogP contribution in [0.1, 0.15) is 37.8 Å². The van der Waals surface area contributed by atoms with E-state index >= 15 is 0 Å². The van der Waals surface area contributed by atoms with Crippen molar-refractivity contribution in [3.63, 3.8) is 0 Å². The summed E-state index contributed by atoms with van der Waals surface area (Å²) in [5.41, 5.74) is 4.15. The minimum absolute atomic E-state index is 0.447. The summed E-state index contributed by atoms with van der Waals surface area (Å²) in [4.78, 5) is 1.34. The fraction of sp³-hybridized carbons (Fsp3) is 0.400. The average Bonchev–Trinajstić information content (AvgIpc) is 3.21. The van der Waals surface area contributed by atoms with Crippen molar-refractivity contribution in [3.05, 3.63) is 38.5 Å². The molecule has 1 aliphatic rings. The highest BCUT2D eigenvalue weighted by molar-refractivity contribution is 9.10. The van der Waals surface area contributed by atoms with Crippen LogP contribution < -0.4 is 4.74 Å². The highest BCUT2D eigenvalue weighted by Gasteiger charge is 2.26. The minimum atomic E-state index is 0.447. The molecule has 0 bridgehead atoms. The third-order valence-corrected chi connectivity index (χ3v) is 8.14. The van der Waals surface area contributed by atoms with Gasteiger partial charge >= 0.3 is 0 Å². The molecule has 2 heterocycles. The van der Waals surface area contributed by atoms with Gasteiger partial charge < -0.3 is 4.74 Å². The molecule has 0 radical (unpaired) electrons. The van der Waals surface area contributed by atoms with Crippen LogP contribution in [0, 0.1) is 0 Å². The second-order valence-corrected chi connectivity index (χ2v) is 11.1. The SMILES string of the molecule is COc1ccc(-c2sc(-n3c(Br)nnc3SC(C)C)c3c2CCCC3)cc1Br. The van der Waals surface area contributed by atoms with E-state index in [9.17, 15) is 0 Å². The summed E-state index contributed by atoms with van der Waals surface area (Å²) in [7, 11) is 1.70. The van der Waals surface area contributed by atoms with Gasteiger partial charge in [-0.05, 0) is 92.4 Å². The maximum Gasteiger partial charge on any atom is 0.206 e. The van der Waals surface area contributed by atoms with Gasteiger partial charge in [-0.25, -0.2) is 0 Å². The van der Waals surface area contributed by atoms with E-state index in [1.807, 2.05) is 17.4 Å². The van der Waals surface area contributed by atoms with E-state index in [1.54, 1.807) is 18.9 Å². The van der Waals surface area contributed by atoms with Crippen LogP contribution in [0.5, 0.6) is 5.75 Å². The van der Waals surface area contributed by atoms with Crippen LogP contribution in [-0.4, -0.2) is 27.1 Å². The lowest BCUT2D eigenvalue weighted by Crippen LogP contribution is -2.05. The zero-order chi connectivity index (χ0) is 19.8. The number of nitrogens with zero attached hydrogens (tertiary/aromatic N) is 3. The van der Waals surface area contributed by atoms with Crippen molar-refractivity contribution in [1.82, 2.24) is 14.8 Å².